The Hall–Kier alpha value is -1.64. The molecule has 0 spiro atoms. The number of ketones is 1. The summed E-state index contributed by atoms with van der Waals surface area (Å²) in [5, 5.41) is 11.0. The number of hydrogen-bond acceptors (Lipinski definition) is 3. The van der Waals surface area contributed by atoms with Crippen LogP contribution in [0.3, 0.4) is 0 Å². The van der Waals surface area contributed by atoms with Gasteiger partial charge in [0, 0.05) is 12.6 Å². The van der Waals surface area contributed by atoms with Crippen molar-refractivity contribution in [1.82, 2.24) is 0 Å². The van der Waals surface area contributed by atoms with E-state index in [0.717, 1.165) is 0 Å². The topological polar surface area (TPSA) is 52.5 Å². The van der Waals surface area contributed by atoms with E-state index in [0.29, 0.717) is 11.1 Å². The van der Waals surface area contributed by atoms with Crippen LogP contribution in [0.5, 0.6) is 0 Å². The average Bonchev–Trinajstić information content (AvgIpc) is 2.17. The lowest BCUT2D eigenvalue weighted by atomic mass is 10.1. The maximum Gasteiger partial charge on any atom is 0.159 e. The van der Waals surface area contributed by atoms with Crippen LogP contribution in [0, 0.1) is 0 Å². The zero-order chi connectivity index (χ0) is 9.84. The third-order valence-corrected chi connectivity index (χ3v) is 1.74. The molecule has 3 heteroatoms. The highest BCUT2D eigenvalue weighted by Crippen LogP contribution is 2.04. The SMILES string of the molecule is CN=C([O-])c1ccc(C(C)=O)cc1. The molecule has 0 aromatic heterocycles. The molecule has 0 aliphatic heterocycles. The number of rotatable bonds is 2. The van der Waals surface area contributed by atoms with Gasteiger partial charge in [0.25, 0.3) is 0 Å². The fraction of sp³-hybridized carbons (Fsp3) is 0.200. The summed E-state index contributed by atoms with van der Waals surface area (Å²) >= 11 is 0. The highest BCUT2D eigenvalue weighted by atomic mass is 16.3. The molecule has 0 aliphatic rings. The second kappa shape index (κ2) is 3.85. The number of carbonyl (C=O) groups is 1. The molecule has 1 aromatic carbocycles. The van der Waals surface area contributed by atoms with Crippen molar-refractivity contribution in [3.05, 3.63) is 35.4 Å². The van der Waals surface area contributed by atoms with Crippen LogP contribution in [-0.4, -0.2) is 18.7 Å². The molecule has 0 bridgehead atoms. The summed E-state index contributed by atoms with van der Waals surface area (Å²) in [5.41, 5.74) is 1.11. The minimum Gasteiger partial charge on any atom is -0.859 e. The summed E-state index contributed by atoms with van der Waals surface area (Å²) in [6.45, 7) is 1.49. The van der Waals surface area contributed by atoms with Gasteiger partial charge in [0.05, 0.1) is 0 Å². The Bertz CT molecular complexity index is 338. The van der Waals surface area contributed by atoms with Crippen molar-refractivity contribution in [3.63, 3.8) is 0 Å². The maximum absolute atomic E-state index is 11.0. The van der Waals surface area contributed by atoms with E-state index < -0.39 is 0 Å². The lowest BCUT2D eigenvalue weighted by Gasteiger charge is -2.09. The van der Waals surface area contributed by atoms with E-state index in [1.54, 1.807) is 24.3 Å². The molecule has 0 heterocycles. The Morgan fingerprint density at radius 3 is 2.08 bits per heavy atom. The maximum atomic E-state index is 11.0. The fourth-order valence-electron chi connectivity index (χ4n) is 0.977. The van der Waals surface area contributed by atoms with Crippen LogP contribution < -0.4 is 5.11 Å². The van der Waals surface area contributed by atoms with Gasteiger partial charge in [-0.25, -0.2) is 0 Å². The third-order valence-electron chi connectivity index (χ3n) is 1.74. The van der Waals surface area contributed by atoms with Gasteiger partial charge in [-0.3, -0.25) is 4.79 Å². The van der Waals surface area contributed by atoms with Gasteiger partial charge in [0.15, 0.2) is 5.78 Å². The molecule has 1 rings (SSSR count). The van der Waals surface area contributed by atoms with Gasteiger partial charge < -0.3 is 10.1 Å². The second-order valence-corrected chi connectivity index (χ2v) is 2.66. The van der Waals surface area contributed by atoms with E-state index in [1.807, 2.05) is 0 Å². The Kier molecular flexibility index (Phi) is 2.80. The number of benzene rings is 1. The molecule has 0 aliphatic carbocycles. The minimum absolute atomic E-state index is 0.00700. The summed E-state index contributed by atoms with van der Waals surface area (Å²) in [4.78, 5) is 14.4. The lowest BCUT2D eigenvalue weighted by molar-refractivity contribution is -0.213. The van der Waals surface area contributed by atoms with Crippen molar-refractivity contribution in [2.24, 2.45) is 4.99 Å². The van der Waals surface area contributed by atoms with Crippen molar-refractivity contribution in [2.45, 2.75) is 6.92 Å². The van der Waals surface area contributed by atoms with Crippen LogP contribution in [0.2, 0.25) is 0 Å². The summed E-state index contributed by atoms with van der Waals surface area (Å²) < 4.78 is 0. The van der Waals surface area contributed by atoms with Crippen LogP contribution in [0.25, 0.3) is 0 Å². The zero-order valence-electron chi connectivity index (χ0n) is 7.57. The smallest absolute Gasteiger partial charge is 0.159 e. The molecule has 0 saturated carbocycles. The van der Waals surface area contributed by atoms with Crippen LogP contribution in [0.15, 0.2) is 29.3 Å². The monoisotopic (exact) mass is 176 g/mol. The molecule has 0 radical (unpaired) electrons. The molecule has 0 unspecified atom stereocenters. The number of Topliss-reactive ketones (excluding diaryl/α,β-unsaturated/α-hetero) is 1. The normalized spacial score (nSPS) is 11.4. The first-order valence-electron chi connectivity index (χ1n) is 3.90. The molecular weight excluding hydrogens is 166 g/mol. The second-order valence-electron chi connectivity index (χ2n) is 2.66. The van der Waals surface area contributed by atoms with E-state index in [-0.39, 0.29) is 11.7 Å². The summed E-state index contributed by atoms with van der Waals surface area (Å²) in [6.07, 6.45) is 0. The van der Waals surface area contributed by atoms with Gasteiger partial charge >= 0.3 is 0 Å². The van der Waals surface area contributed by atoms with Crippen molar-refractivity contribution in [1.29, 1.82) is 0 Å². The third kappa shape index (κ3) is 2.15. The molecule has 0 saturated heterocycles. The van der Waals surface area contributed by atoms with Crippen LogP contribution in [0.4, 0.5) is 0 Å². The Morgan fingerprint density at radius 1 is 1.23 bits per heavy atom. The predicted molar refractivity (Wildman–Crippen MR) is 48.9 cm³/mol. The van der Waals surface area contributed by atoms with Crippen LogP contribution in [-0.2, 0) is 0 Å². The Labute approximate surface area is 76.7 Å². The summed E-state index contributed by atoms with van der Waals surface area (Å²) in [7, 11) is 1.45. The Balaban J connectivity index is 3.00. The van der Waals surface area contributed by atoms with Crippen molar-refractivity contribution < 1.29 is 9.90 Å². The van der Waals surface area contributed by atoms with Gasteiger partial charge in [-0.2, -0.15) is 0 Å². The van der Waals surface area contributed by atoms with E-state index in [9.17, 15) is 9.90 Å². The highest BCUT2D eigenvalue weighted by molar-refractivity contribution is 5.96. The number of carbonyl (C=O) groups excluding carboxylic acids is 1. The first-order chi connectivity index (χ1) is 6.15. The van der Waals surface area contributed by atoms with Crippen molar-refractivity contribution in [2.75, 3.05) is 7.05 Å². The molecule has 0 N–H and O–H groups in total. The molecule has 0 amide bonds. The van der Waals surface area contributed by atoms with Crippen LogP contribution in [0.1, 0.15) is 22.8 Å². The highest BCUT2D eigenvalue weighted by Gasteiger charge is 1.97. The molecule has 0 fully saturated rings. The van der Waals surface area contributed by atoms with E-state index in [4.69, 9.17) is 0 Å². The fourth-order valence-corrected chi connectivity index (χ4v) is 0.977. The van der Waals surface area contributed by atoms with E-state index in [1.165, 1.54) is 14.0 Å². The molecule has 13 heavy (non-hydrogen) atoms. The van der Waals surface area contributed by atoms with Gasteiger partial charge in [-0.05, 0) is 18.4 Å². The standard InChI is InChI=1S/C10H11NO2/c1-7(12)8-3-5-9(6-4-8)10(13)11-2/h3-6H,1-2H3,(H,11,13)/p-1. The molecule has 68 valence electrons. The van der Waals surface area contributed by atoms with Crippen molar-refractivity contribution >= 4 is 11.7 Å². The average molecular weight is 176 g/mol. The van der Waals surface area contributed by atoms with Crippen LogP contribution >= 0.6 is 0 Å². The van der Waals surface area contributed by atoms with Gasteiger partial charge in [0.2, 0.25) is 0 Å². The molecule has 1 aromatic rings. The zero-order valence-corrected chi connectivity index (χ0v) is 7.57. The largest absolute Gasteiger partial charge is 0.859 e. The van der Waals surface area contributed by atoms with Gasteiger partial charge in [0.1, 0.15) is 0 Å². The van der Waals surface area contributed by atoms with Gasteiger partial charge in [-0.1, -0.05) is 24.3 Å². The predicted octanol–water partition coefficient (Wildman–Crippen LogP) is 0.626. The Morgan fingerprint density at radius 2 is 1.69 bits per heavy atom. The summed E-state index contributed by atoms with van der Waals surface area (Å²) in [6, 6.07) is 6.46. The molecule has 3 nitrogen and oxygen atoms in total. The van der Waals surface area contributed by atoms with Gasteiger partial charge in [-0.15, -0.1) is 0 Å². The lowest BCUT2D eigenvalue weighted by Crippen LogP contribution is -2.18. The van der Waals surface area contributed by atoms with Crippen molar-refractivity contribution in [3.8, 4) is 0 Å². The minimum atomic E-state index is -0.268. The first-order valence-corrected chi connectivity index (χ1v) is 3.90. The van der Waals surface area contributed by atoms with E-state index in [2.05, 4.69) is 4.99 Å². The number of nitrogens with zero attached hydrogens (tertiary/aromatic N) is 1. The van der Waals surface area contributed by atoms with E-state index >= 15 is 0 Å². The molecule has 0 atom stereocenters. The number of hydrogen-bond donors (Lipinski definition) is 0. The summed E-state index contributed by atoms with van der Waals surface area (Å²) in [5.74, 6) is -0.275. The first kappa shape index (κ1) is 9.45. The number of aliphatic imine (C=N–C) groups is 1. The quantitative estimate of drug-likeness (QED) is 0.377. The molecular formula is C10H10NO2-.